The summed E-state index contributed by atoms with van der Waals surface area (Å²) in [7, 11) is 2.09. The summed E-state index contributed by atoms with van der Waals surface area (Å²) in [4.78, 5) is 31.3. The van der Waals surface area contributed by atoms with Crippen LogP contribution in [0.5, 0.6) is 5.75 Å². The molecule has 2 N–H and O–H groups in total. The molecule has 0 saturated carbocycles. The van der Waals surface area contributed by atoms with Crippen LogP contribution in [0, 0.1) is 5.82 Å². The fourth-order valence-corrected chi connectivity index (χ4v) is 5.75. The Balaban J connectivity index is 1.40. The molecule has 2 heterocycles. The Morgan fingerprint density at radius 2 is 1.57 bits per heavy atom. The van der Waals surface area contributed by atoms with Crippen molar-refractivity contribution in [3.63, 3.8) is 0 Å². The number of hydrogen-bond donors (Lipinski definition) is 2. The average Bonchev–Trinajstić information content (AvgIpc) is 3.48. The molecule has 0 unspecified atom stereocenters. The van der Waals surface area contributed by atoms with Crippen molar-refractivity contribution in [1.82, 2.24) is 4.90 Å². The van der Waals surface area contributed by atoms with Gasteiger partial charge < -0.3 is 25.2 Å². The molecule has 3 aromatic carbocycles. The van der Waals surface area contributed by atoms with Gasteiger partial charge in [-0.1, -0.05) is 27.5 Å². The molecule has 210 valence electrons. The van der Waals surface area contributed by atoms with Crippen LogP contribution in [0.25, 0.3) is 0 Å². The molecule has 10 heteroatoms. The highest BCUT2D eigenvalue weighted by Crippen LogP contribution is 2.32. The number of likely N-dealkylation sites (tertiary alicyclic amines) is 1. The van der Waals surface area contributed by atoms with E-state index in [-0.39, 0.29) is 17.4 Å². The van der Waals surface area contributed by atoms with Crippen LogP contribution in [0.2, 0.25) is 5.02 Å². The molecule has 0 atom stereocenters. The molecule has 0 aromatic heterocycles. The summed E-state index contributed by atoms with van der Waals surface area (Å²) < 4.78 is 21.4. The fraction of sp³-hybridized carbons (Fsp3) is 0.333. The van der Waals surface area contributed by atoms with Gasteiger partial charge in [0.15, 0.2) is 0 Å². The minimum absolute atomic E-state index is 0.000560. The summed E-state index contributed by atoms with van der Waals surface area (Å²) in [5.41, 5.74) is 1.88. The number of ether oxygens (including phenoxy) is 1. The lowest BCUT2D eigenvalue weighted by atomic mass is 10.1. The van der Waals surface area contributed by atoms with Crippen molar-refractivity contribution in [2.75, 3.05) is 48.8 Å². The van der Waals surface area contributed by atoms with Crippen LogP contribution in [-0.4, -0.2) is 56.0 Å². The number of rotatable bonds is 7. The molecule has 7 nitrogen and oxygen atoms in total. The van der Waals surface area contributed by atoms with Crippen LogP contribution in [0.1, 0.15) is 46.4 Å². The maximum absolute atomic E-state index is 14.2. The summed E-state index contributed by atoms with van der Waals surface area (Å²) in [6, 6.07) is 14.3. The Kier molecular flexibility index (Phi) is 8.93. The summed E-state index contributed by atoms with van der Waals surface area (Å²) in [6.45, 7) is 3.79. The van der Waals surface area contributed by atoms with Crippen molar-refractivity contribution >= 4 is 56.4 Å². The van der Waals surface area contributed by atoms with Gasteiger partial charge in [-0.2, -0.15) is 0 Å². The third kappa shape index (κ3) is 6.77. The molecule has 0 aliphatic carbocycles. The van der Waals surface area contributed by atoms with Crippen LogP contribution in [0.4, 0.5) is 21.5 Å². The Bertz CT molecular complexity index is 1410. The highest BCUT2D eigenvalue weighted by Gasteiger charge is 2.24. The molecule has 0 radical (unpaired) electrons. The molecule has 2 aliphatic heterocycles. The lowest BCUT2D eigenvalue weighted by molar-refractivity contribution is 0.0989. The topological polar surface area (TPSA) is 73.9 Å². The first kappa shape index (κ1) is 28.4. The third-order valence-corrected chi connectivity index (χ3v) is 8.10. The van der Waals surface area contributed by atoms with E-state index in [0.717, 1.165) is 68.1 Å². The summed E-state index contributed by atoms with van der Waals surface area (Å²) in [5, 5.41) is 5.83. The smallest absolute Gasteiger partial charge is 0.259 e. The zero-order valence-electron chi connectivity index (χ0n) is 22.2. The lowest BCUT2D eigenvalue weighted by Gasteiger charge is -2.30. The van der Waals surface area contributed by atoms with E-state index in [4.69, 9.17) is 16.3 Å². The molecule has 2 aliphatic rings. The molecule has 0 bridgehead atoms. The molecule has 0 spiro atoms. The van der Waals surface area contributed by atoms with Crippen molar-refractivity contribution in [3.8, 4) is 5.75 Å². The Hall–Kier alpha value is -3.14. The maximum atomic E-state index is 14.2. The van der Waals surface area contributed by atoms with E-state index in [1.54, 1.807) is 24.3 Å². The van der Waals surface area contributed by atoms with Crippen molar-refractivity contribution in [1.29, 1.82) is 0 Å². The van der Waals surface area contributed by atoms with Gasteiger partial charge in [-0.15, -0.1) is 0 Å². The zero-order valence-corrected chi connectivity index (χ0v) is 24.5. The quantitative estimate of drug-likeness (QED) is 0.300. The predicted octanol–water partition coefficient (Wildman–Crippen LogP) is 6.82. The number of nitrogens with one attached hydrogen (secondary N) is 2. The molecular weight excluding hydrogens is 599 g/mol. The SMILES string of the molecule is CN1CCC(Oc2cc(N3CCCC3)ccc2C(=O)Nc2ccc(F)cc2C(=O)Nc2ccc(Br)cc2Cl)CC1. The minimum atomic E-state index is -0.605. The number of hydrogen-bond acceptors (Lipinski definition) is 5. The van der Waals surface area contributed by atoms with E-state index in [1.165, 1.54) is 12.1 Å². The van der Waals surface area contributed by atoms with Gasteiger partial charge in [-0.25, -0.2) is 4.39 Å². The van der Waals surface area contributed by atoms with Gasteiger partial charge in [-0.3, -0.25) is 9.59 Å². The average molecular weight is 630 g/mol. The van der Waals surface area contributed by atoms with Crippen LogP contribution in [0.3, 0.4) is 0 Å². The maximum Gasteiger partial charge on any atom is 0.259 e. The van der Waals surface area contributed by atoms with Crippen LogP contribution < -0.4 is 20.3 Å². The van der Waals surface area contributed by atoms with Gasteiger partial charge in [0.2, 0.25) is 0 Å². The number of benzene rings is 3. The zero-order chi connectivity index (χ0) is 28.2. The van der Waals surface area contributed by atoms with Gasteiger partial charge >= 0.3 is 0 Å². The van der Waals surface area contributed by atoms with Crippen molar-refractivity contribution in [3.05, 3.63) is 81.0 Å². The van der Waals surface area contributed by atoms with E-state index in [1.807, 2.05) is 12.1 Å². The number of carbonyl (C=O) groups excluding carboxylic acids is 2. The predicted molar refractivity (Wildman–Crippen MR) is 160 cm³/mol. The number of carbonyl (C=O) groups is 2. The second-order valence-corrected chi connectivity index (χ2v) is 11.5. The van der Waals surface area contributed by atoms with Gasteiger partial charge in [0.05, 0.1) is 27.5 Å². The number of halogens is 3. The molecule has 2 saturated heterocycles. The van der Waals surface area contributed by atoms with E-state index in [2.05, 4.69) is 43.4 Å². The highest BCUT2D eigenvalue weighted by molar-refractivity contribution is 9.10. The summed E-state index contributed by atoms with van der Waals surface area (Å²) >= 11 is 9.58. The van der Waals surface area contributed by atoms with Crippen LogP contribution >= 0.6 is 27.5 Å². The molecule has 3 aromatic rings. The van der Waals surface area contributed by atoms with Gasteiger partial charge in [0, 0.05) is 42.4 Å². The largest absolute Gasteiger partial charge is 0.489 e. The minimum Gasteiger partial charge on any atom is -0.489 e. The fourth-order valence-electron chi connectivity index (χ4n) is 5.03. The standard InChI is InChI=1S/C30H31BrClFN4O3/c1-36-14-10-22(11-15-36)40-28-18-21(37-12-2-3-13-37)6-7-23(28)29(38)34-26-9-5-20(33)17-24(26)30(39)35-27-8-4-19(31)16-25(27)32/h4-9,16-18,22H,2-3,10-15H2,1H3,(H,34,38)(H,35,39). The monoisotopic (exact) mass is 628 g/mol. The molecule has 40 heavy (non-hydrogen) atoms. The first-order valence-electron chi connectivity index (χ1n) is 13.4. The number of anilines is 3. The van der Waals surface area contributed by atoms with Gasteiger partial charge in [0.1, 0.15) is 17.7 Å². The summed E-state index contributed by atoms with van der Waals surface area (Å²) in [5.74, 6) is -1.15. The lowest BCUT2D eigenvalue weighted by Crippen LogP contribution is -2.36. The van der Waals surface area contributed by atoms with Crippen molar-refractivity contribution in [2.24, 2.45) is 0 Å². The highest BCUT2D eigenvalue weighted by atomic mass is 79.9. The van der Waals surface area contributed by atoms with Gasteiger partial charge in [-0.05, 0) is 81.3 Å². The van der Waals surface area contributed by atoms with E-state index in [0.29, 0.717) is 22.0 Å². The molecular formula is C30H31BrClFN4O3. The van der Waals surface area contributed by atoms with Crippen LogP contribution in [-0.2, 0) is 0 Å². The number of nitrogens with zero attached hydrogens (tertiary/aromatic N) is 2. The Morgan fingerprint density at radius 1 is 0.900 bits per heavy atom. The number of amides is 2. The Morgan fingerprint density at radius 3 is 2.30 bits per heavy atom. The first-order chi connectivity index (χ1) is 19.3. The number of piperidine rings is 1. The Labute approximate surface area is 246 Å². The van der Waals surface area contributed by atoms with Crippen molar-refractivity contribution in [2.45, 2.75) is 31.8 Å². The second-order valence-electron chi connectivity index (χ2n) is 10.2. The van der Waals surface area contributed by atoms with Gasteiger partial charge in [0.25, 0.3) is 11.8 Å². The molecule has 2 fully saturated rings. The second kappa shape index (κ2) is 12.6. The van der Waals surface area contributed by atoms with E-state index in [9.17, 15) is 14.0 Å². The van der Waals surface area contributed by atoms with Crippen LogP contribution in [0.15, 0.2) is 59.1 Å². The normalized spacial score (nSPS) is 16.1. The van der Waals surface area contributed by atoms with Crippen molar-refractivity contribution < 1.29 is 18.7 Å². The summed E-state index contributed by atoms with van der Waals surface area (Å²) in [6.07, 6.45) is 4.00. The first-order valence-corrected chi connectivity index (χ1v) is 14.6. The molecule has 5 rings (SSSR count). The molecule has 2 amide bonds. The van der Waals surface area contributed by atoms with E-state index < -0.39 is 17.6 Å². The third-order valence-electron chi connectivity index (χ3n) is 7.29. The van der Waals surface area contributed by atoms with E-state index >= 15 is 0 Å².